The van der Waals surface area contributed by atoms with Gasteiger partial charge in [-0.25, -0.2) is 0 Å². The number of hydrogen-bond acceptors (Lipinski definition) is 4. The third kappa shape index (κ3) is 3.19. The van der Waals surface area contributed by atoms with Crippen molar-refractivity contribution in [3.8, 4) is 0 Å². The molecule has 1 amide bonds. The molecule has 0 aliphatic heterocycles. The Morgan fingerprint density at radius 1 is 1.26 bits per heavy atom. The molecule has 2 aromatic rings. The fourth-order valence-corrected chi connectivity index (χ4v) is 1.77. The number of nitrogens with zero attached hydrogens (tertiary/aromatic N) is 2. The van der Waals surface area contributed by atoms with Crippen molar-refractivity contribution in [1.29, 1.82) is 0 Å². The molecule has 1 atom stereocenters. The molecule has 2 rings (SSSR count). The number of benzene rings is 1. The molecule has 0 aliphatic carbocycles. The number of hydrogen-bond donors (Lipinski definition) is 1. The van der Waals surface area contributed by atoms with Gasteiger partial charge in [-0.05, 0) is 25.0 Å². The summed E-state index contributed by atoms with van der Waals surface area (Å²) in [5.74, 6) is 1.02. The van der Waals surface area contributed by atoms with E-state index in [1.807, 2.05) is 32.0 Å². The Balaban J connectivity index is 2.16. The number of carbonyl (C=O) groups excluding carboxylic acids is 1. The van der Waals surface area contributed by atoms with Gasteiger partial charge in [-0.15, -0.1) is 0 Å². The van der Waals surface area contributed by atoms with E-state index in [2.05, 4.69) is 15.5 Å². The smallest absolute Gasteiger partial charge is 0.251 e. The molecule has 0 fully saturated rings. The maximum absolute atomic E-state index is 12.1. The number of rotatable bonds is 4. The van der Waals surface area contributed by atoms with Gasteiger partial charge < -0.3 is 9.84 Å². The van der Waals surface area contributed by atoms with Crippen molar-refractivity contribution in [1.82, 2.24) is 15.5 Å². The highest BCUT2D eigenvalue weighted by Crippen LogP contribution is 2.20. The van der Waals surface area contributed by atoms with Crippen LogP contribution >= 0.6 is 0 Å². The Labute approximate surface area is 112 Å². The first kappa shape index (κ1) is 13.3. The molecule has 5 heteroatoms. The highest BCUT2D eigenvalue weighted by atomic mass is 16.5. The van der Waals surface area contributed by atoms with Crippen LogP contribution in [0.1, 0.15) is 42.0 Å². The minimum absolute atomic E-state index is 0.143. The van der Waals surface area contributed by atoms with Crippen molar-refractivity contribution in [3.63, 3.8) is 0 Å². The van der Waals surface area contributed by atoms with Gasteiger partial charge in [0.2, 0.25) is 5.89 Å². The monoisotopic (exact) mass is 259 g/mol. The molecule has 5 nitrogen and oxygen atoms in total. The Morgan fingerprint density at radius 3 is 2.47 bits per heavy atom. The summed E-state index contributed by atoms with van der Waals surface area (Å²) in [6, 6.07) is 8.79. The van der Waals surface area contributed by atoms with Crippen LogP contribution in [-0.4, -0.2) is 16.0 Å². The van der Waals surface area contributed by atoms with Crippen LogP contribution in [0.15, 0.2) is 34.9 Å². The van der Waals surface area contributed by atoms with Gasteiger partial charge in [0.25, 0.3) is 5.91 Å². The summed E-state index contributed by atoms with van der Waals surface area (Å²) >= 11 is 0. The Morgan fingerprint density at radius 2 is 1.95 bits per heavy atom. The van der Waals surface area contributed by atoms with E-state index in [0.29, 0.717) is 17.3 Å². The van der Waals surface area contributed by atoms with Crippen LogP contribution in [0.2, 0.25) is 0 Å². The second kappa shape index (κ2) is 5.65. The molecule has 0 saturated heterocycles. The SMILES string of the molecule is Cc1noc(C(NC(=O)c2ccccc2)C(C)C)n1. The maximum Gasteiger partial charge on any atom is 0.251 e. The lowest BCUT2D eigenvalue weighted by Gasteiger charge is -2.18. The van der Waals surface area contributed by atoms with Gasteiger partial charge in [0.15, 0.2) is 5.82 Å². The van der Waals surface area contributed by atoms with Gasteiger partial charge in [-0.2, -0.15) is 4.98 Å². The number of aryl methyl sites for hydroxylation is 1. The van der Waals surface area contributed by atoms with Gasteiger partial charge >= 0.3 is 0 Å². The minimum atomic E-state index is -0.283. The molecule has 1 N–H and O–H groups in total. The molecular formula is C14H17N3O2. The van der Waals surface area contributed by atoms with Crippen LogP contribution < -0.4 is 5.32 Å². The van der Waals surface area contributed by atoms with Gasteiger partial charge in [0.05, 0.1) is 0 Å². The average Bonchev–Trinajstić information content (AvgIpc) is 2.82. The van der Waals surface area contributed by atoms with Crippen molar-refractivity contribution >= 4 is 5.91 Å². The summed E-state index contributed by atoms with van der Waals surface area (Å²) < 4.78 is 5.15. The number of aromatic nitrogens is 2. The van der Waals surface area contributed by atoms with Crippen molar-refractivity contribution in [2.24, 2.45) is 5.92 Å². The van der Waals surface area contributed by atoms with E-state index in [9.17, 15) is 4.79 Å². The normalized spacial score (nSPS) is 12.4. The fraction of sp³-hybridized carbons (Fsp3) is 0.357. The lowest BCUT2D eigenvalue weighted by Crippen LogP contribution is -2.32. The average molecular weight is 259 g/mol. The maximum atomic E-state index is 12.1. The Kier molecular flexibility index (Phi) is 3.94. The fourth-order valence-electron chi connectivity index (χ4n) is 1.77. The van der Waals surface area contributed by atoms with E-state index in [-0.39, 0.29) is 17.9 Å². The van der Waals surface area contributed by atoms with Crippen LogP contribution in [0.25, 0.3) is 0 Å². The first-order chi connectivity index (χ1) is 9.08. The van der Waals surface area contributed by atoms with E-state index < -0.39 is 0 Å². The second-order valence-electron chi connectivity index (χ2n) is 4.74. The van der Waals surface area contributed by atoms with Crippen LogP contribution in [0.5, 0.6) is 0 Å². The lowest BCUT2D eigenvalue weighted by atomic mass is 10.0. The van der Waals surface area contributed by atoms with Gasteiger partial charge in [0, 0.05) is 5.56 Å². The van der Waals surface area contributed by atoms with Crippen molar-refractivity contribution in [3.05, 3.63) is 47.6 Å². The molecule has 1 heterocycles. The minimum Gasteiger partial charge on any atom is -0.340 e. The Hall–Kier alpha value is -2.17. The standard InChI is InChI=1S/C14H17N3O2/c1-9(2)12(14-15-10(3)17-19-14)16-13(18)11-7-5-4-6-8-11/h4-9,12H,1-3H3,(H,16,18). The number of amides is 1. The van der Waals surface area contributed by atoms with Gasteiger partial charge in [-0.1, -0.05) is 37.2 Å². The molecule has 0 bridgehead atoms. The van der Waals surface area contributed by atoms with Crippen LogP contribution in [0.3, 0.4) is 0 Å². The quantitative estimate of drug-likeness (QED) is 0.916. The molecule has 0 spiro atoms. The summed E-state index contributed by atoms with van der Waals surface area (Å²) in [6.07, 6.45) is 0. The number of nitrogens with one attached hydrogen (secondary N) is 1. The largest absolute Gasteiger partial charge is 0.340 e. The summed E-state index contributed by atoms with van der Waals surface area (Å²) in [5, 5.41) is 6.69. The van der Waals surface area contributed by atoms with Crippen LogP contribution in [-0.2, 0) is 0 Å². The predicted molar refractivity (Wildman–Crippen MR) is 70.5 cm³/mol. The van der Waals surface area contributed by atoms with E-state index in [4.69, 9.17) is 4.52 Å². The zero-order valence-corrected chi connectivity index (χ0v) is 11.3. The number of carbonyl (C=O) groups is 1. The van der Waals surface area contributed by atoms with Crippen LogP contribution in [0, 0.1) is 12.8 Å². The second-order valence-corrected chi connectivity index (χ2v) is 4.74. The molecule has 0 radical (unpaired) electrons. The Bertz CT molecular complexity index is 549. The highest BCUT2D eigenvalue weighted by Gasteiger charge is 2.24. The summed E-state index contributed by atoms with van der Waals surface area (Å²) in [5.41, 5.74) is 0.615. The molecule has 1 aromatic heterocycles. The van der Waals surface area contributed by atoms with Gasteiger partial charge in [0.1, 0.15) is 6.04 Å². The third-order valence-corrected chi connectivity index (χ3v) is 2.80. The van der Waals surface area contributed by atoms with E-state index in [0.717, 1.165) is 0 Å². The van der Waals surface area contributed by atoms with Crippen molar-refractivity contribution in [2.45, 2.75) is 26.8 Å². The molecule has 0 aliphatic rings. The third-order valence-electron chi connectivity index (χ3n) is 2.80. The topological polar surface area (TPSA) is 68.0 Å². The highest BCUT2D eigenvalue weighted by molar-refractivity contribution is 5.94. The van der Waals surface area contributed by atoms with Crippen molar-refractivity contribution < 1.29 is 9.32 Å². The van der Waals surface area contributed by atoms with Gasteiger partial charge in [-0.3, -0.25) is 4.79 Å². The molecule has 0 saturated carbocycles. The predicted octanol–water partition coefficient (Wildman–Crippen LogP) is 2.51. The van der Waals surface area contributed by atoms with E-state index in [1.165, 1.54) is 0 Å². The molecule has 1 unspecified atom stereocenters. The first-order valence-corrected chi connectivity index (χ1v) is 6.24. The zero-order chi connectivity index (χ0) is 13.8. The lowest BCUT2D eigenvalue weighted by molar-refractivity contribution is 0.0914. The molecular weight excluding hydrogens is 242 g/mol. The molecule has 100 valence electrons. The zero-order valence-electron chi connectivity index (χ0n) is 11.3. The van der Waals surface area contributed by atoms with Crippen molar-refractivity contribution in [2.75, 3.05) is 0 Å². The first-order valence-electron chi connectivity index (χ1n) is 6.24. The summed E-state index contributed by atoms with van der Waals surface area (Å²) in [7, 11) is 0. The molecule has 1 aromatic carbocycles. The van der Waals surface area contributed by atoms with E-state index >= 15 is 0 Å². The van der Waals surface area contributed by atoms with Crippen LogP contribution in [0.4, 0.5) is 0 Å². The summed E-state index contributed by atoms with van der Waals surface area (Å²) in [6.45, 7) is 5.74. The molecule has 19 heavy (non-hydrogen) atoms. The van der Waals surface area contributed by atoms with E-state index in [1.54, 1.807) is 19.1 Å². The summed E-state index contributed by atoms with van der Waals surface area (Å²) in [4.78, 5) is 16.3.